The zero-order valence-electron chi connectivity index (χ0n) is 19.0. The molecule has 1 rings (SSSR count). The number of nitrogens with zero attached hydrogens (tertiary/aromatic N) is 1. The van der Waals surface area contributed by atoms with Crippen LogP contribution in [-0.2, 0) is 23.9 Å². The predicted molar refractivity (Wildman–Crippen MR) is 116 cm³/mol. The molecule has 178 valence electrons. The molecule has 0 aromatic heterocycles. The van der Waals surface area contributed by atoms with Gasteiger partial charge < -0.3 is 32.2 Å². The second-order valence-electron chi connectivity index (χ2n) is 8.43. The number of hydrogen-bond acceptors (Lipinski definition) is 7. The lowest BCUT2D eigenvalue weighted by molar-refractivity contribution is -0.168. The first-order valence-electron chi connectivity index (χ1n) is 11.2. The van der Waals surface area contributed by atoms with Gasteiger partial charge in [-0.1, -0.05) is 33.6 Å². The number of amides is 3. The number of hydrogen-bond donors (Lipinski definition) is 4. The van der Waals surface area contributed by atoms with Gasteiger partial charge in [0.2, 0.25) is 17.4 Å². The van der Waals surface area contributed by atoms with Gasteiger partial charge >= 0.3 is 5.97 Å². The largest absolute Gasteiger partial charge is 0.464 e. The fraction of sp³-hybridized carbons (Fsp3) is 0.810. The summed E-state index contributed by atoms with van der Waals surface area (Å²) < 4.78 is 5.38. The Morgan fingerprint density at radius 2 is 1.84 bits per heavy atom. The Bertz CT molecular complexity index is 642. The Balaban J connectivity index is 3.21. The molecule has 0 bridgehead atoms. The molecule has 0 aromatic carbocycles. The molecule has 7 N–H and O–H groups in total. The number of nitrogens with two attached hydrogens (primary N) is 3. The molecule has 1 aliphatic rings. The van der Waals surface area contributed by atoms with Crippen LogP contribution in [0.4, 0.5) is 0 Å². The Morgan fingerprint density at radius 3 is 2.39 bits per heavy atom. The number of nitrogens with one attached hydrogen (secondary N) is 1. The molecule has 3 amide bonds. The van der Waals surface area contributed by atoms with E-state index in [9.17, 15) is 19.2 Å². The van der Waals surface area contributed by atoms with Gasteiger partial charge in [0.15, 0.2) is 0 Å². The first kappa shape index (κ1) is 26.8. The van der Waals surface area contributed by atoms with Gasteiger partial charge in [-0.3, -0.25) is 14.4 Å². The van der Waals surface area contributed by atoms with E-state index in [1.807, 2.05) is 6.92 Å². The van der Waals surface area contributed by atoms with Crippen LogP contribution in [0.1, 0.15) is 65.7 Å². The molecule has 3 atom stereocenters. The third-order valence-corrected chi connectivity index (χ3v) is 5.64. The minimum Gasteiger partial charge on any atom is -0.464 e. The summed E-state index contributed by atoms with van der Waals surface area (Å²) in [4.78, 5) is 52.7. The summed E-state index contributed by atoms with van der Waals surface area (Å²) >= 11 is 0. The van der Waals surface area contributed by atoms with Crippen molar-refractivity contribution in [3.63, 3.8) is 0 Å². The molecule has 0 aromatic rings. The predicted octanol–water partition coefficient (Wildman–Crippen LogP) is -0.227. The fourth-order valence-corrected chi connectivity index (χ4v) is 3.75. The molecule has 0 unspecified atom stereocenters. The van der Waals surface area contributed by atoms with E-state index in [-0.39, 0.29) is 25.5 Å². The van der Waals surface area contributed by atoms with E-state index in [0.29, 0.717) is 32.2 Å². The first-order valence-corrected chi connectivity index (χ1v) is 11.2. The molecule has 31 heavy (non-hydrogen) atoms. The van der Waals surface area contributed by atoms with Crippen molar-refractivity contribution in [3.05, 3.63) is 0 Å². The van der Waals surface area contributed by atoms with Crippen LogP contribution in [0, 0.1) is 5.92 Å². The van der Waals surface area contributed by atoms with Crippen molar-refractivity contribution in [2.24, 2.45) is 23.1 Å². The summed E-state index contributed by atoms with van der Waals surface area (Å²) in [7, 11) is 0. The van der Waals surface area contributed by atoms with Gasteiger partial charge in [0, 0.05) is 6.54 Å². The van der Waals surface area contributed by atoms with Crippen LogP contribution < -0.4 is 22.5 Å². The summed E-state index contributed by atoms with van der Waals surface area (Å²) in [5, 5.41) is 2.58. The number of esters is 1. The zero-order valence-corrected chi connectivity index (χ0v) is 19.0. The van der Waals surface area contributed by atoms with Crippen molar-refractivity contribution < 1.29 is 23.9 Å². The van der Waals surface area contributed by atoms with Crippen molar-refractivity contribution in [2.45, 2.75) is 83.3 Å². The van der Waals surface area contributed by atoms with E-state index >= 15 is 0 Å². The quantitative estimate of drug-likeness (QED) is 0.174. The van der Waals surface area contributed by atoms with Crippen molar-refractivity contribution in [2.75, 3.05) is 19.7 Å². The molecular formula is C21H39N5O5. The third kappa shape index (κ3) is 6.64. The maximum Gasteiger partial charge on any atom is 0.342 e. The van der Waals surface area contributed by atoms with Crippen LogP contribution in [0.5, 0.6) is 0 Å². The number of carbonyl (C=O) groups is 4. The number of rotatable bonds is 13. The smallest absolute Gasteiger partial charge is 0.342 e. The van der Waals surface area contributed by atoms with Crippen LogP contribution in [0.25, 0.3) is 0 Å². The normalized spacial score (nSPS) is 20.4. The zero-order chi connectivity index (χ0) is 23.6. The molecule has 1 heterocycles. The van der Waals surface area contributed by atoms with Crippen LogP contribution in [0.3, 0.4) is 0 Å². The van der Waals surface area contributed by atoms with E-state index in [1.54, 1.807) is 13.8 Å². The highest BCUT2D eigenvalue weighted by Gasteiger charge is 2.58. The molecule has 10 heteroatoms. The molecule has 0 aliphatic carbocycles. The number of unbranched alkanes of at least 4 members (excludes halogenated alkanes) is 2. The number of likely N-dealkylation sites (tertiary alicyclic amines) is 1. The van der Waals surface area contributed by atoms with Crippen molar-refractivity contribution in [1.82, 2.24) is 10.2 Å². The lowest BCUT2D eigenvalue weighted by Crippen LogP contribution is -2.67. The minimum atomic E-state index is -1.86. The maximum atomic E-state index is 13.4. The average Bonchev–Trinajstić information content (AvgIpc) is 3.17. The Labute approximate surface area is 184 Å². The highest BCUT2D eigenvalue weighted by molar-refractivity contribution is 6.11. The number of carbonyl (C=O) groups excluding carboxylic acids is 4. The lowest BCUT2D eigenvalue weighted by Gasteiger charge is -2.37. The van der Waals surface area contributed by atoms with Crippen LogP contribution in [-0.4, -0.2) is 65.9 Å². The van der Waals surface area contributed by atoms with Gasteiger partial charge in [-0.2, -0.15) is 0 Å². The van der Waals surface area contributed by atoms with Gasteiger partial charge in [0.05, 0.1) is 12.6 Å². The monoisotopic (exact) mass is 441 g/mol. The molecule has 0 radical (unpaired) electrons. The van der Waals surface area contributed by atoms with E-state index in [0.717, 1.165) is 12.8 Å². The second kappa shape index (κ2) is 12.6. The number of primary amides is 1. The fourth-order valence-electron chi connectivity index (χ4n) is 3.75. The summed E-state index contributed by atoms with van der Waals surface area (Å²) in [6.07, 6.45) is 3.74. The summed E-state index contributed by atoms with van der Waals surface area (Å²) in [5.74, 6) is -3.06. The molecule has 0 saturated carbocycles. The number of ether oxygens (including phenoxy) is 1. The highest BCUT2D eigenvalue weighted by atomic mass is 16.5. The summed E-state index contributed by atoms with van der Waals surface area (Å²) in [6.45, 7) is 6.23. The topological polar surface area (TPSA) is 171 Å². The van der Waals surface area contributed by atoms with Crippen molar-refractivity contribution in [3.8, 4) is 0 Å². The van der Waals surface area contributed by atoms with Crippen molar-refractivity contribution >= 4 is 23.7 Å². The molecule has 1 saturated heterocycles. The lowest BCUT2D eigenvalue weighted by atomic mass is 9.92. The first-order chi connectivity index (χ1) is 14.6. The Morgan fingerprint density at radius 1 is 1.16 bits per heavy atom. The molecule has 1 aliphatic heterocycles. The van der Waals surface area contributed by atoms with E-state index in [2.05, 4.69) is 5.32 Å². The molecule has 10 nitrogen and oxygen atoms in total. The maximum absolute atomic E-state index is 13.4. The standard InChI is InChI=1S/C21H39N5O5/c1-4-5-13-31-20(30)21(19(29)25-16(14(2)3)17(24)27)10-8-12-26(21)18(28)15(23)9-6-7-11-22/h14-16H,4-13,22-23H2,1-3H3,(H2,24,27)(H,25,29)/t15-,16-,21-/m0/s1. The summed E-state index contributed by atoms with van der Waals surface area (Å²) in [5.41, 5.74) is 15.2. The SMILES string of the molecule is CCCCOC(=O)[C@@]1(C(=O)N[C@H](C(N)=O)C(C)C)CCCN1C(=O)[C@@H](N)CCCCN. The minimum absolute atomic E-state index is 0.0919. The summed E-state index contributed by atoms with van der Waals surface area (Å²) in [6, 6.07) is -1.85. The van der Waals surface area contributed by atoms with Gasteiger partial charge in [0.1, 0.15) is 6.04 Å². The van der Waals surface area contributed by atoms with Gasteiger partial charge in [-0.25, -0.2) is 4.79 Å². The van der Waals surface area contributed by atoms with E-state index < -0.39 is 41.3 Å². The van der Waals surface area contributed by atoms with Crippen LogP contribution in [0.2, 0.25) is 0 Å². The van der Waals surface area contributed by atoms with Crippen LogP contribution in [0.15, 0.2) is 0 Å². The molecule has 1 fully saturated rings. The van der Waals surface area contributed by atoms with Gasteiger partial charge in [0.25, 0.3) is 5.91 Å². The van der Waals surface area contributed by atoms with Gasteiger partial charge in [-0.15, -0.1) is 0 Å². The van der Waals surface area contributed by atoms with E-state index in [4.69, 9.17) is 21.9 Å². The Kier molecular flexibility index (Phi) is 10.9. The molecular weight excluding hydrogens is 402 g/mol. The second-order valence-corrected chi connectivity index (χ2v) is 8.43. The van der Waals surface area contributed by atoms with E-state index in [1.165, 1.54) is 4.90 Å². The van der Waals surface area contributed by atoms with Gasteiger partial charge in [-0.05, 0) is 44.6 Å². The molecule has 0 spiro atoms. The van der Waals surface area contributed by atoms with Crippen LogP contribution >= 0.6 is 0 Å². The van der Waals surface area contributed by atoms with Crippen molar-refractivity contribution in [1.29, 1.82) is 0 Å². The third-order valence-electron chi connectivity index (χ3n) is 5.64. The Hall–Kier alpha value is -2.20. The highest BCUT2D eigenvalue weighted by Crippen LogP contribution is 2.33. The average molecular weight is 442 g/mol.